The van der Waals surface area contributed by atoms with Crippen LogP contribution in [0, 0.1) is 13.8 Å². The van der Waals surface area contributed by atoms with Crippen LogP contribution in [-0.2, 0) is 4.79 Å². The second-order valence-electron chi connectivity index (χ2n) is 5.56. The molecule has 1 saturated heterocycles. The van der Waals surface area contributed by atoms with E-state index in [1.165, 1.54) is 16.0 Å². The quantitative estimate of drug-likeness (QED) is 0.943. The lowest BCUT2D eigenvalue weighted by Crippen LogP contribution is -2.48. The maximum Gasteiger partial charge on any atom is 0.241 e. The summed E-state index contributed by atoms with van der Waals surface area (Å²) < 4.78 is 0. The summed E-state index contributed by atoms with van der Waals surface area (Å²) in [4.78, 5) is 16.4. The Labute approximate surface area is 135 Å². The van der Waals surface area contributed by atoms with Gasteiger partial charge >= 0.3 is 0 Å². The highest BCUT2D eigenvalue weighted by Crippen LogP contribution is 2.37. The highest BCUT2D eigenvalue weighted by atomic mass is 32.2. The van der Waals surface area contributed by atoms with Crippen LogP contribution < -0.4 is 10.2 Å². The van der Waals surface area contributed by atoms with Crippen molar-refractivity contribution in [3.8, 4) is 0 Å². The highest BCUT2D eigenvalue weighted by Gasteiger charge is 2.21. The van der Waals surface area contributed by atoms with E-state index < -0.39 is 0 Å². The smallest absolute Gasteiger partial charge is 0.241 e. The number of carbonyl (C=O) groups excluding carboxylic acids is 1. The number of nitrogens with zero attached hydrogens (tertiary/aromatic N) is 1. The number of carbonyl (C=O) groups is 1. The Morgan fingerprint density at radius 3 is 2.68 bits per heavy atom. The predicted octanol–water partition coefficient (Wildman–Crippen LogP) is 3.39. The van der Waals surface area contributed by atoms with Crippen molar-refractivity contribution in [2.24, 2.45) is 0 Å². The van der Waals surface area contributed by atoms with Crippen LogP contribution in [0.3, 0.4) is 0 Å². The molecule has 1 aliphatic heterocycles. The van der Waals surface area contributed by atoms with Crippen LogP contribution in [0.1, 0.15) is 11.1 Å². The van der Waals surface area contributed by atoms with Gasteiger partial charge in [0.15, 0.2) is 0 Å². The van der Waals surface area contributed by atoms with E-state index in [1.807, 2.05) is 23.1 Å². The molecule has 0 radical (unpaired) electrons. The van der Waals surface area contributed by atoms with E-state index in [9.17, 15) is 4.79 Å². The van der Waals surface area contributed by atoms with Gasteiger partial charge in [-0.2, -0.15) is 0 Å². The summed E-state index contributed by atoms with van der Waals surface area (Å²) in [6.45, 7) is 6.23. The first-order chi connectivity index (χ1) is 10.6. The Bertz CT molecular complexity index is 699. The second kappa shape index (κ2) is 6.55. The number of piperazine rings is 1. The predicted molar refractivity (Wildman–Crippen MR) is 91.7 cm³/mol. The number of nitrogens with one attached hydrogen (secondary N) is 1. The summed E-state index contributed by atoms with van der Waals surface area (Å²) in [6, 6.07) is 14.6. The zero-order chi connectivity index (χ0) is 15.5. The third-order valence-electron chi connectivity index (χ3n) is 3.80. The number of benzene rings is 2. The molecule has 0 saturated carbocycles. The molecule has 4 heteroatoms. The standard InChI is InChI=1S/C18H20N2OS/c1-13-7-8-16(14(2)11-13)22-17-6-4-3-5-15(17)20-10-9-19-12-18(20)21/h3-8,11,19H,9-10,12H2,1-2H3. The molecule has 3 rings (SSSR count). The molecule has 0 atom stereocenters. The molecule has 22 heavy (non-hydrogen) atoms. The molecule has 0 aromatic heterocycles. The number of hydrogen-bond donors (Lipinski definition) is 1. The summed E-state index contributed by atoms with van der Waals surface area (Å²) in [5, 5.41) is 3.12. The molecule has 0 aliphatic carbocycles. The molecule has 1 amide bonds. The summed E-state index contributed by atoms with van der Waals surface area (Å²) in [5.74, 6) is 0.139. The average molecular weight is 312 g/mol. The van der Waals surface area contributed by atoms with E-state index in [0.717, 1.165) is 23.7 Å². The minimum Gasteiger partial charge on any atom is -0.309 e. The van der Waals surface area contributed by atoms with Gasteiger partial charge in [-0.15, -0.1) is 0 Å². The monoisotopic (exact) mass is 312 g/mol. The number of anilines is 1. The van der Waals surface area contributed by atoms with Gasteiger partial charge in [-0.3, -0.25) is 4.79 Å². The Hall–Kier alpha value is -1.78. The Kier molecular flexibility index (Phi) is 4.50. The van der Waals surface area contributed by atoms with E-state index >= 15 is 0 Å². The molecular formula is C18H20N2OS. The average Bonchev–Trinajstić information content (AvgIpc) is 2.51. The zero-order valence-electron chi connectivity index (χ0n) is 12.9. The molecule has 1 aliphatic rings. The summed E-state index contributed by atoms with van der Waals surface area (Å²) in [6.07, 6.45) is 0. The van der Waals surface area contributed by atoms with Crippen LogP contribution in [0.2, 0.25) is 0 Å². The lowest BCUT2D eigenvalue weighted by Gasteiger charge is -2.29. The second-order valence-corrected chi connectivity index (χ2v) is 6.64. The van der Waals surface area contributed by atoms with E-state index in [2.05, 4.69) is 43.4 Å². The van der Waals surface area contributed by atoms with E-state index in [-0.39, 0.29) is 5.91 Å². The van der Waals surface area contributed by atoms with Gasteiger partial charge in [0.1, 0.15) is 0 Å². The fourth-order valence-corrected chi connectivity index (χ4v) is 3.68. The van der Waals surface area contributed by atoms with Crippen molar-refractivity contribution in [3.05, 3.63) is 53.6 Å². The minimum absolute atomic E-state index is 0.139. The minimum atomic E-state index is 0.139. The van der Waals surface area contributed by atoms with Crippen molar-refractivity contribution in [2.75, 3.05) is 24.5 Å². The molecule has 3 nitrogen and oxygen atoms in total. The zero-order valence-corrected chi connectivity index (χ0v) is 13.7. The topological polar surface area (TPSA) is 32.3 Å². The first-order valence-electron chi connectivity index (χ1n) is 7.50. The largest absolute Gasteiger partial charge is 0.309 e. The maximum absolute atomic E-state index is 12.2. The van der Waals surface area contributed by atoms with Gasteiger partial charge in [0.25, 0.3) is 0 Å². The first-order valence-corrected chi connectivity index (χ1v) is 8.32. The van der Waals surface area contributed by atoms with Crippen molar-refractivity contribution in [3.63, 3.8) is 0 Å². The normalized spacial score (nSPS) is 15.2. The van der Waals surface area contributed by atoms with Crippen molar-refractivity contribution >= 4 is 23.4 Å². The molecule has 0 spiro atoms. The van der Waals surface area contributed by atoms with Gasteiger partial charge in [0.2, 0.25) is 5.91 Å². The number of para-hydroxylation sites is 1. The molecule has 1 N–H and O–H groups in total. The summed E-state index contributed by atoms with van der Waals surface area (Å²) >= 11 is 1.73. The number of aryl methyl sites for hydroxylation is 2. The van der Waals surface area contributed by atoms with Gasteiger partial charge in [0, 0.05) is 22.9 Å². The lowest BCUT2D eigenvalue weighted by atomic mass is 10.2. The van der Waals surface area contributed by atoms with Crippen LogP contribution in [0.4, 0.5) is 5.69 Å². The fraction of sp³-hybridized carbons (Fsp3) is 0.278. The van der Waals surface area contributed by atoms with Crippen molar-refractivity contribution in [1.29, 1.82) is 0 Å². The molecule has 2 aromatic carbocycles. The van der Waals surface area contributed by atoms with Crippen molar-refractivity contribution in [2.45, 2.75) is 23.6 Å². The molecule has 1 heterocycles. The third kappa shape index (κ3) is 3.18. The number of hydrogen-bond acceptors (Lipinski definition) is 3. The number of rotatable bonds is 3. The molecule has 2 aromatic rings. The summed E-state index contributed by atoms with van der Waals surface area (Å²) in [7, 11) is 0. The maximum atomic E-state index is 12.2. The van der Waals surface area contributed by atoms with Crippen LogP contribution in [0.15, 0.2) is 52.3 Å². The van der Waals surface area contributed by atoms with Crippen LogP contribution in [0.5, 0.6) is 0 Å². The van der Waals surface area contributed by atoms with Gasteiger partial charge in [0.05, 0.1) is 12.2 Å². The Morgan fingerprint density at radius 1 is 1.09 bits per heavy atom. The first kappa shape index (κ1) is 15.1. The van der Waals surface area contributed by atoms with Gasteiger partial charge < -0.3 is 10.2 Å². The molecule has 1 fully saturated rings. The SMILES string of the molecule is Cc1ccc(Sc2ccccc2N2CCNCC2=O)c(C)c1. The molecular weight excluding hydrogens is 292 g/mol. The fourth-order valence-electron chi connectivity index (χ4n) is 2.66. The van der Waals surface area contributed by atoms with E-state index in [1.54, 1.807) is 11.8 Å². The molecule has 0 unspecified atom stereocenters. The molecule has 114 valence electrons. The van der Waals surface area contributed by atoms with Gasteiger partial charge in [-0.05, 0) is 37.6 Å². The van der Waals surface area contributed by atoms with Crippen LogP contribution >= 0.6 is 11.8 Å². The van der Waals surface area contributed by atoms with E-state index in [4.69, 9.17) is 0 Å². The van der Waals surface area contributed by atoms with Crippen molar-refractivity contribution < 1.29 is 4.79 Å². The molecule has 0 bridgehead atoms. The van der Waals surface area contributed by atoms with Gasteiger partial charge in [-0.25, -0.2) is 0 Å². The lowest BCUT2D eigenvalue weighted by molar-refractivity contribution is -0.118. The number of amides is 1. The third-order valence-corrected chi connectivity index (χ3v) is 5.04. The van der Waals surface area contributed by atoms with Gasteiger partial charge in [-0.1, -0.05) is 41.6 Å². The van der Waals surface area contributed by atoms with Crippen LogP contribution in [-0.4, -0.2) is 25.5 Å². The van der Waals surface area contributed by atoms with Crippen LogP contribution in [0.25, 0.3) is 0 Å². The Balaban J connectivity index is 1.92. The van der Waals surface area contributed by atoms with E-state index in [0.29, 0.717) is 6.54 Å². The van der Waals surface area contributed by atoms with Crippen molar-refractivity contribution in [1.82, 2.24) is 5.32 Å². The Morgan fingerprint density at radius 2 is 1.91 bits per heavy atom. The highest BCUT2D eigenvalue weighted by molar-refractivity contribution is 7.99. The summed E-state index contributed by atoms with van der Waals surface area (Å²) in [5.41, 5.74) is 3.55.